The second kappa shape index (κ2) is 4.68. The molecule has 0 bridgehead atoms. The Bertz CT molecular complexity index is 295. The highest BCUT2D eigenvalue weighted by Crippen LogP contribution is 2.14. The fraction of sp³-hybridized carbons (Fsp3) is 0.500. The van der Waals surface area contributed by atoms with Gasteiger partial charge in [0.1, 0.15) is 0 Å². The minimum Gasteiger partial charge on any atom is -0.312 e. The van der Waals surface area contributed by atoms with E-state index in [2.05, 4.69) is 16.3 Å². The van der Waals surface area contributed by atoms with Gasteiger partial charge in [0, 0.05) is 19.7 Å². The molecule has 0 radical (unpaired) electrons. The Kier molecular flexibility index (Phi) is 3.53. The molecule has 1 aromatic rings. The second-order valence-electron chi connectivity index (χ2n) is 3.00. The van der Waals surface area contributed by atoms with Crippen LogP contribution in [-0.2, 0) is 7.05 Å². The first kappa shape index (κ1) is 9.82. The average molecular weight is 177 g/mol. The van der Waals surface area contributed by atoms with Gasteiger partial charge in [-0.25, -0.2) is 0 Å². The summed E-state index contributed by atoms with van der Waals surface area (Å²) in [5, 5.41) is 7.52. The van der Waals surface area contributed by atoms with Crippen LogP contribution < -0.4 is 5.32 Å². The predicted octanol–water partition coefficient (Wildman–Crippen LogP) is 1.09. The van der Waals surface area contributed by atoms with Gasteiger partial charge < -0.3 is 5.32 Å². The Labute approximate surface area is 79.1 Å². The monoisotopic (exact) mass is 177 g/mol. The molecule has 1 unspecified atom stereocenters. The fourth-order valence-corrected chi connectivity index (χ4v) is 1.29. The van der Waals surface area contributed by atoms with Crippen molar-refractivity contribution in [1.29, 1.82) is 0 Å². The molecule has 0 aliphatic carbocycles. The third kappa shape index (κ3) is 2.60. The quantitative estimate of drug-likeness (QED) is 0.698. The number of aromatic nitrogens is 2. The predicted molar refractivity (Wildman–Crippen MR) is 53.1 cm³/mol. The number of nitrogens with zero attached hydrogens (tertiary/aromatic N) is 2. The first-order valence-electron chi connectivity index (χ1n) is 4.38. The van der Waals surface area contributed by atoms with Gasteiger partial charge in [0.15, 0.2) is 0 Å². The van der Waals surface area contributed by atoms with Crippen LogP contribution >= 0.6 is 0 Å². The number of nitrogens with one attached hydrogen (secondary N) is 1. The van der Waals surface area contributed by atoms with Gasteiger partial charge in [0.2, 0.25) is 0 Å². The lowest BCUT2D eigenvalue weighted by atomic mass is 10.1. The Hall–Kier alpha value is -1.27. The summed E-state index contributed by atoms with van der Waals surface area (Å²) in [5.41, 5.74) is 1.06. The van der Waals surface area contributed by atoms with Crippen molar-refractivity contribution in [2.75, 3.05) is 7.05 Å². The van der Waals surface area contributed by atoms with Crippen molar-refractivity contribution >= 4 is 0 Å². The molecule has 0 saturated heterocycles. The highest BCUT2D eigenvalue weighted by molar-refractivity contribution is 5.05. The molecule has 3 heteroatoms. The maximum atomic E-state index is 5.21. The van der Waals surface area contributed by atoms with Gasteiger partial charge in [-0.2, -0.15) is 5.10 Å². The molecule has 1 atom stereocenters. The zero-order valence-electron chi connectivity index (χ0n) is 8.12. The van der Waals surface area contributed by atoms with Crippen molar-refractivity contribution in [2.24, 2.45) is 7.05 Å². The first-order valence-corrected chi connectivity index (χ1v) is 4.38. The molecule has 1 rings (SSSR count). The van der Waals surface area contributed by atoms with E-state index in [1.54, 1.807) is 4.68 Å². The van der Waals surface area contributed by atoms with Crippen LogP contribution in [0.25, 0.3) is 0 Å². The third-order valence-corrected chi connectivity index (χ3v) is 2.02. The van der Waals surface area contributed by atoms with Gasteiger partial charge >= 0.3 is 0 Å². The van der Waals surface area contributed by atoms with Crippen molar-refractivity contribution in [2.45, 2.75) is 18.9 Å². The molecular weight excluding hydrogens is 162 g/mol. The SMILES string of the molecule is C#CCCC(NC)c1ccn(C)n1. The molecule has 0 saturated carbocycles. The number of hydrogen-bond donors (Lipinski definition) is 1. The van der Waals surface area contributed by atoms with Gasteiger partial charge in [0.05, 0.1) is 11.7 Å². The van der Waals surface area contributed by atoms with Crippen LogP contribution in [-0.4, -0.2) is 16.8 Å². The molecule has 0 aliphatic heterocycles. The highest BCUT2D eigenvalue weighted by atomic mass is 15.3. The van der Waals surface area contributed by atoms with Crippen LogP contribution in [0, 0.1) is 12.3 Å². The van der Waals surface area contributed by atoms with E-state index in [0.29, 0.717) is 0 Å². The summed E-state index contributed by atoms with van der Waals surface area (Å²) in [5.74, 6) is 2.63. The first-order chi connectivity index (χ1) is 6.27. The maximum Gasteiger partial charge on any atom is 0.0794 e. The summed E-state index contributed by atoms with van der Waals surface area (Å²) in [6.45, 7) is 0. The van der Waals surface area contributed by atoms with E-state index in [4.69, 9.17) is 6.42 Å². The van der Waals surface area contributed by atoms with E-state index in [9.17, 15) is 0 Å². The summed E-state index contributed by atoms with van der Waals surface area (Å²) in [7, 11) is 3.84. The van der Waals surface area contributed by atoms with Gasteiger partial charge in [-0.3, -0.25) is 4.68 Å². The van der Waals surface area contributed by atoms with Gasteiger partial charge in [0.25, 0.3) is 0 Å². The third-order valence-electron chi connectivity index (χ3n) is 2.02. The van der Waals surface area contributed by atoms with Crippen LogP contribution in [0.4, 0.5) is 0 Å². The van der Waals surface area contributed by atoms with E-state index in [-0.39, 0.29) is 6.04 Å². The van der Waals surface area contributed by atoms with Crippen molar-refractivity contribution in [3.63, 3.8) is 0 Å². The zero-order chi connectivity index (χ0) is 9.68. The van der Waals surface area contributed by atoms with E-state index in [1.165, 1.54) is 0 Å². The fourth-order valence-electron chi connectivity index (χ4n) is 1.29. The average Bonchev–Trinajstić information content (AvgIpc) is 2.54. The maximum absolute atomic E-state index is 5.21. The standard InChI is InChI=1S/C10H15N3/c1-4-5-6-9(11-2)10-7-8-13(3)12-10/h1,7-9,11H,5-6H2,2-3H3. The number of rotatable bonds is 4. The number of terminal acetylenes is 1. The van der Waals surface area contributed by atoms with E-state index in [1.807, 2.05) is 26.4 Å². The second-order valence-corrected chi connectivity index (χ2v) is 3.00. The van der Waals surface area contributed by atoms with Gasteiger partial charge in [-0.05, 0) is 19.5 Å². The van der Waals surface area contributed by atoms with E-state index >= 15 is 0 Å². The summed E-state index contributed by atoms with van der Waals surface area (Å²) < 4.78 is 1.80. The van der Waals surface area contributed by atoms with Crippen molar-refractivity contribution in [1.82, 2.24) is 15.1 Å². The van der Waals surface area contributed by atoms with Gasteiger partial charge in [-0.15, -0.1) is 12.3 Å². The normalized spacial score (nSPS) is 12.4. The van der Waals surface area contributed by atoms with Crippen LogP contribution in [0.1, 0.15) is 24.6 Å². The molecule has 0 aromatic carbocycles. The van der Waals surface area contributed by atoms with Crippen molar-refractivity contribution < 1.29 is 0 Å². The van der Waals surface area contributed by atoms with Crippen LogP contribution in [0.2, 0.25) is 0 Å². The molecule has 0 amide bonds. The largest absolute Gasteiger partial charge is 0.312 e. The summed E-state index contributed by atoms with van der Waals surface area (Å²) in [6.07, 6.45) is 8.87. The topological polar surface area (TPSA) is 29.9 Å². The van der Waals surface area contributed by atoms with Crippen LogP contribution in [0.3, 0.4) is 0 Å². The molecule has 13 heavy (non-hydrogen) atoms. The molecule has 1 heterocycles. The smallest absolute Gasteiger partial charge is 0.0794 e. The Morgan fingerprint density at radius 2 is 2.54 bits per heavy atom. The molecule has 1 aromatic heterocycles. The Morgan fingerprint density at radius 3 is 3.00 bits per heavy atom. The molecule has 0 fully saturated rings. The van der Waals surface area contributed by atoms with E-state index in [0.717, 1.165) is 18.5 Å². The number of aryl methyl sites for hydroxylation is 1. The zero-order valence-corrected chi connectivity index (χ0v) is 8.12. The van der Waals surface area contributed by atoms with Gasteiger partial charge in [-0.1, -0.05) is 0 Å². The molecule has 1 N–H and O–H groups in total. The van der Waals surface area contributed by atoms with Crippen molar-refractivity contribution in [3.05, 3.63) is 18.0 Å². The molecule has 0 spiro atoms. The van der Waals surface area contributed by atoms with Crippen LogP contribution in [0.5, 0.6) is 0 Å². The lowest BCUT2D eigenvalue weighted by Gasteiger charge is -2.11. The van der Waals surface area contributed by atoms with Crippen LogP contribution in [0.15, 0.2) is 12.3 Å². The molecule has 0 aliphatic rings. The Balaban J connectivity index is 2.62. The summed E-state index contributed by atoms with van der Waals surface area (Å²) in [6, 6.07) is 2.29. The Morgan fingerprint density at radius 1 is 1.77 bits per heavy atom. The van der Waals surface area contributed by atoms with E-state index < -0.39 is 0 Å². The summed E-state index contributed by atoms with van der Waals surface area (Å²) in [4.78, 5) is 0. The highest BCUT2D eigenvalue weighted by Gasteiger charge is 2.10. The lowest BCUT2D eigenvalue weighted by molar-refractivity contribution is 0.534. The minimum absolute atomic E-state index is 0.275. The molecule has 70 valence electrons. The lowest BCUT2D eigenvalue weighted by Crippen LogP contribution is -2.16. The number of hydrogen-bond acceptors (Lipinski definition) is 2. The molecular formula is C10H15N3. The molecule has 3 nitrogen and oxygen atoms in total. The summed E-state index contributed by atoms with van der Waals surface area (Å²) >= 11 is 0. The minimum atomic E-state index is 0.275. The van der Waals surface area contributed by atoms with Crippen molar-refractivity contribution in [3.8, 4) is 12.3 Å².